The Morgan fingerprint density at radius 2 is 1.61 bits per heavy atom. The van der Waals surface area contributed by atoms with Gasteiger partial charge in [0, 0.05) is 18.7 Å². The number of nitrogens with one attached hydrogen (secondary N) is 1. The van der Waals surface area contributed by atoms with Crippen LogP contribution in [-0.2, 0) is 4.74 Å². The van der Waals surface area contributed by atoms with Crippen molar-refractivity contribution in [2.24, 2.45) is 0 Å². The number of piperidine rings is 1. The quantitative estimate of drug-likeness (QED) is 0.436. The molecule has 1 fully saturated rings. The number of benzene rings is 2. The Morgan fingerprint density at radius 3 is 2.24 bits per heavy atom. The third-order valence-corrected chi connectivity index (χ3v) is 5.91. The van der Waals surface area contributed by atoms with Gasteiger partial charge in [-0.05, 0) is 88.6 Å². The van der Waals surface area contributed by atoms with Crippen LogP contribution in [0.2, 0.25) is 0 Å². The molecule has 1 aliphatic heterocycles. The highest BCUT2D eigenvalue weighted by molar-refractivity contribution is 5.91. The highest BCUT2D eigenvalue weighted by atomic mass is 16.6. The van der Waals surface area contributed by atoms with E-state index in [0.29, 0.717) is 18.1 Å². The number of ether oxygens (including phenoxy) is 3. The highest BCUT2D eigenvalue weighted by Gasteiger charge is 2.25. The monoisotopic (exact) mass is 521 g/mol. The number of hydrogen-bond donors (Lipinski definition) is 1. The van der Waals surface area contributed by atoms with Crippen LogP contribution in [0.15, 0.2) is 48.5 Å². The van der Waals surface area contributed by atoms with E-state index in [9.17, 15) is 9.59 Å². The summed E-state index contributed by atoms with van der Waals surface area (Å²) in [5.41, 5.74) is 0.996. The summed E-state index contributed by atoms with van der Waals surface area (Å²) in [5.74, 6) is 1.93. The summed E-state index contributed by atoms with van der Waals surface area (Å²) in [4.78, 5) is 31.4. The lowest BCUT2D eigenvalue weighted by Crippen LogP contribution is -2.36. The largest absolute Gasteiger partial charge is 0.497 e. The molecule has 0 atom stereocenters. The maximum absolute atomic E-state index is 13.2. The molecule has 3 aromatic rings. The summed E-state index contributed by atoms with van der Waals surface area (Å²) in [6, 6.07) is 14.8. The zero-order chi connectivity index (χ0) is 27.1. The predicted octanol–water partition coefficient (Wildman–Crippen LogP) is 4.47. The average molecular weight is 522 g/mol. The van der Waals surface area contributed by atoms with Gasteiger partial charge in [-0.2, -0.15) is 0 Å². The standard InChI is InChI=1S/C28H35N5O5/c1-28(2,3)38-27(35)29-16-19-37-23-12-8-20(9-13-23)25-30-24(26(34)32-17-6-5-7-18-32)31-33(25)21-10-14-22(36-4)15-11-21/h8-15H,5-7,16-19H2,1-4H3,(H,29,35). The van der Waals surface area contributed by atoms with Gasteiger partial charge in [0.15, 0.2) is 5.82 Å². The first-order valence-corrected chi connectivity index (χ1v) is 12.8. The van der Waals surface area contributed by atoms with Gasteiger partial charge < -0.3 is 24.4 Å². The van der Waals surface area contributed by atoms with Crippen molar-refractivity contribution in [1.29, 1.82) is 0 Å². The Balaban J connectivity index is 1.49. The van der Waals surface area contributed by atoms with Crippen molar-refractivity contribution in [3.05, 3.63) is 54.4 Å². The molecule has 2 amide bonds. The maximum Gasteiger partial charge on any atom is 0.407 e. The molecule has 0 aliphatic carbocycles. The average Bonchev–Trinajstić information content (AvgIpc) is 3.36. The number of alkyl carbamates (subject to hydrolysis) is 1. The van der Waals surface area contributed by atoms with Crippen LogP contribution in [0.1, 0.15) is 50.7 Å². The zero-order valence-electron chi connectivity index (χ0n) is 22.4. The van der Waals surface area contributed by atoms with E-state index in [4.69, 9.17) is 14.2 Å². The third-order valence-electron chi connectivity index (χ3n) is 5.91. The number of carbonyl (C=O) groups is 2. The fourth-order valence-corrected chi connectivity index (χ4v) is 4.07. The van der Waals surface area contributed by atoms with Gasteiger partial charge in [0.2, 0.25) is 5.82 Å². The fraction of sp³-hybridized carbons (Fsp3) is 0.429. The van der Waals surface area contributed by atoms with E-state index in [0.717, 1.165) is 49.4 Å². The van der Waals surface area contributed by atoms with E-state index in [1.54, 1.807) is 11.8 Å². The molecule has 10 heteroatoms. The van der Waals surface area contributed by atoms with Gasteiger partial charge in [-0.25, -0.2) is 14.5 Å². The minimum absolute atomic E-state index is 0.157. The van der Waals surface area contributed by atoms with E-state index in [2.05, 4.69) is 15.4 Å². The van der Waals surface area contributed by atoms with E-state index < -0.39 is 11.7 Å². The third kappa shape index (κ3) is 7.02. The molecule has 2 heterocycles. The normalized spacial score (nSPS) is 13.6. The van der Waals surface area contributed by atoms with Crippen LogP contribution in [0.25, 0.3) is 17.1 Å². The summed E-state index contributed by atoms with van der Waals surface area (Å²) in [5, 5.41) is 7.27. The van der Waals surface area contributed by atoms with Crippen LogP contribution in [-0.4, -0.2) is 70.6 Å². The molecule has 0 saturated carbocycles. The first kappa shape index (κ1) is 27.0. The molecule has 1 N–H and O–H groups in total. The molecule has 0 radical (unpaired) electrons. The van der Waals surface area contributed by atoms with Gasteiger partial charge in [0.25, 0.3) is 5.91 Å². The van der Waals surface area contributed by atoms with Crippen LogP contribution in [0.5, 0.6) is 11.5 Å². The van der Waals surface area contributed by atoms with Crippen molar-refractivity contribution in [3.63, 3.8) is 0 Å². The highest BCUT2D eigenvalue weighted by Crippen LogP contribution is 2.25. The van der Waals surface area contributed by atoms with Gasteiger partial charge >= 0.3 is 6.09 Å². The summed E-state index contributed by atoms with van der Waals surface area (Å²) >= 11 is 0. The maximum atomic E-state index is 13.2. The molecule has 1 saturated heterocycles. The molecule has 0 bridgehead atoms. The Kier molecular flexibility index (Phi) is 8.50. The Bertz CT molecular complexity index is 1230. The molecule has 2 aromatic carbocycles. The SMILES string of the molecule is COc1ccc(-n2nc(C(=O)N3CCCCC3)nc2-c2ccc(OCCNC(=O)OC(C)(C)C)cc2)cc1. The summed E-state index contributed by atoms with van der Waals surface area (Å²) in [6.45, 7) is 7.48. The van der Waals surface area contributed by atoms with Crippen LogP contribution in [0.4, 0.5) is 4.79 Å². The first-order valence-electron chi connectivity index (χ1n) is 12.8. The minimum atomic E-state index is -0.550. The van der Waals surface area contributed by atoms with Crippen molar-refractivity contribution in [3.8, 4) is 28.6 Å². The van der Waals surface area contributed by atoms with E-state index in [-0.39, 0.29) is 18.3 Å². The summed E-state index contributed by atoms with van der Waals surface area (Å²) in [6.07, 6.45) is 2.64. The molecule has 4 rings (SSSR count). The molecular weight excluding hydrogens is 486 g/mol. The molecular formula is C28H35N5O5. The van der Waals surface area contributed by atoms with Crippen molar-refractivity contribution in [2.45, 2.75) is 45.6 Å². The van der Waals surface area contributed by atoms with Crippen LogP contribution in [0, 0.1) is 0 Å². The Morgan fingerprint density at radius 1 is 0.947 bits per heavy atom. The lowest BCUT2D eigenvalue weighted by molar-refractivity contribution is 0.0520. The molecule has 1 aromatic heterocycles. The topological polar surface area (TPSA) is 108 Å². The van der Waals surface area contributed by atoms with Gasteiger partial charge in [-0.1, -0.05) is 0 Å². The van der Waals surface area contributed by atoms with Crippen molar-refractivity contribution in [1.82, 2.24) is 25.0 Å². The second-order valence-electron chi connectivity index (χ2n) is 10.0. The number of nitrogens with zero attached hydrogens (tertiary/aromatic N) is 4. The van der Waals surface area contributed by atoms with E-state index in [1.807, 2.05) is 74.2 Å². The number of rotatable bonds is 8. The van der Waals surface area contributed by atoms with Crippen LogP contribution >= 0.6 is 0 Å². The lowest BCUT2D eigenvalue weighted by atomic mass is 10.1. The second kappa shape index (κ2) is 12.0. The van der Waals surface area contributed by atoms with Gasteiger partial charge in [0.05, 0.1) is 19.3 Å². The molecule has 1 aliphatic rings. The number of carbonyl (C=O) groups excluding carboxylic acids is 2. The summed E-state index contributed by atoms with van der Waals surface area (Å²) in [7, 11) is 1.61. The Labute approximate surface area is 222 Å². The van der Waals surface area contributed by atoms with E-state index >= 15 is 0 Å². The fourth-order valence-electron chi connectivity index (χ4n) is 4.07. The minimum Gasteiger partial charge on any atom is -0.497 e. The molecule has 38 heavy (non-hydrogen) atoms. The second-order valence-corrected chi connectivity index (χ2v) is 10.0. The van der Waals surface area contributed by atoms with Crippen molar-refractivity contribution >= 4 is 12.0 Å². The first-order chi connectivity index (χ1) is 18.2. The molecule has 0 spiro atoms. The number of amides is 2. The zero-order valence-corrected chi connectivity index (χ0v) is 22.4. The van der Waals surface area contributed by atoms with Crippen LogP contribution in [0.3, 0.4) is 0 Å². The summed E-state index contributed by atoms with van der Waals surface area (Å²) < 4.78 is 17.9. The Hall–Kier alpha value is -4.08. The molecule has 0 unspecified atom stereocenters. The number of likely N-dealkylation sites (tertiary alicyclic amines) is 1. The van der Waals surface area contributed by atoms with Gasteiger partial charge in [-0.15, -0.1) is 5.10 Å². The van der Waals surface area contributed by atoms with Gasteiger partial charge in [0.1, 0.15) is 23.7 Å². The number of hydrogen-bond acceptors (Lipinski definition) is 7. The van der Waals surface area contributed by atoms with E-state index in [1.165, 1.54) is 0 Å². The van der Waals surface area contributed by atoms with Crippen molar-refractivity contribution in [2.75, 3.05) is 33.4 Å². The number of aromatic nitrogens is 3. The molecule has 10 nitrogen and oxygen atoms in total. The van der Waals surface area contributed by atoms with Crippen LogP contribution < -0.4 is 14.8 Å². The molecule has 202 valence electrons. The smallest absolute Gasteiger partial charge is 0.407 e. The predicted molar refractivity (Wildman–Crippen MR) is 143 cm³/mol. The number of methoxy groups -OCH3 is 1. The van der Waals surface area contributed by atoms with Gasteiger partial charge in [-0.3, -0.25) is 4.79 Å². The van der Waals surface area contributed by atoms with Crippen molar-refractivity contribution < 1.29 is 23.8 Å². The lowest BCUT2D eigenvalue weighted by Gasteiger charge is -2.25.